The number of carbonyl (C=O) groups is 1. The predicted octanol–water partition coefficient (Wildman–Crippen LogP) is 3.71. The summed E-state index contributed by atoms with van der Waals surface area (Å²) >= 11 is 7.57. The molecule has 0 saturated carbocycles. The normalized spacial score (nSPS) is 12.4. The lowest BCUT2D eigenvalue weighted by Crippen LogP contribution is -2.36. The first-order chi connectivity index (χ1) is 10.0. The van der Waals surface area contributed by atoms with Gasteiger partial charge in [-0.2, -0.15) is 0 Å². The number of thiophene rings is 1. The first-order valence-corrected chi connectivity index (χ1v) is 8.06. The van der Waals surface area contributed by atoms with E-state index < -0.39 is 0 Å². The quantitative estimate of drug-likeness (QED) is 0.879. The third-order valence-corrected chi connectivity index (χ3v) is 4.28. The molecule has 5 heteroatoms. The molecular formula is C16H19ClN2OS. The van der Waals surface area contributed by atoms with Crippen molar-refractivity contribution in [2.75, 3.05) is 13.6 Å². The highest BCUT2D eigenvalue weighted by Crippen LogP contribution is 2.16. The van der Waals surface area contributed by atoms with Gasteiger partial charge in [-0.15, -0.1) is 11.3 Å². The third-order valence-electron chi connectivity index (χ3n) is 3.17. The van der Waals surface area contributed by atoms with Crippen LogP contribution in [0.25, 0.3) is 0 Å². The summed E-state index contributed by atoms with van der Waals surface area (Å²) in [5.41, 5.74) is 1.05. The van der Waals surface area contributed by atoms with Crippen molar-refractivity contribution in [1.29, 1.82) is 0 Å². The Balaban J connectivity index is 1.82. The molecule has 2 rings (SSSR count). The maximum atomic E-state index is 12.1. The van der Waals surface area contributed by atoms with Crippen LogP contribution in [0.4, 0.5) is 0 Å². The molecule has 0 bridgehead atoms. The number of halogens is 1. The molecule has 1 heterocycles. The SMILES string of the molecule is C[C@H](NC(=O)CN(C)Cc1cccs1)c1ccc(Cl)cc1. The number of amides is 1. The molecule has 0 saturated heterocycles. The summed E-state index contributed by atoms with van der Waals surface area (Å²) in [6, 6.07) is 11.6. The summed E-state index contributed by atoms with van der Waals surface area (Å²) in [6.07, 6.45) is 0. The van der Waals surface area contributed by atoms with E-state index in [4.69, 9.17) is 11.6 Å². The lowest BCUT2D eigenvalue weighted by molar-refractivity contribution is -0.122. The molecule has 0 aliphatic rings. The van der Waals surface area contributed by atoms with Crippen LogP contribution in [0.15, 0.2) is 41.8 Å². The van der Waals surface area contributed by atoms with Crippen molar-refractivity contribution in [3.05, 3.63) is 57.2 Å². The van der Waals surface area contributed by atoms with Gasteiger partial charge in [-0.05, 0) is 43.1 Å². The van der Waals surface area contributed by atoms with Gasteiger partial charge < -0.3 is 5.32 Å². The number of nitrogens with one attached hydrogen (secondary N) is 1. The Labute approximate surface area is 134 Å². The molecule has 2 aromatic rings. The number of carbonyl (C=O) groups excluding carboxylic acids is 1. The topological polar surface area (TPSA) is 32.3 Å². The molecule has 0 spiro atoms. The van der Waals surface area contributed by atoms with Gasteiger partial charge in [-0.1, -0.05) is 29.8 Å². The summed E-state index contributed by atoms with van der Waals surface area (Å²) < 4.78 is 0. The standard InChI is InChI=1S/C16H19ClN2OS/c1-12(13-5-7-14(17)8-6-13)18-16(20)11-19(2)10-15-4-3-9-21-15/h3-9,12H,10-11H2,1-2H3,(H,18,20)/t12-/m0/s1. The van der Waals surface area contributed by atoms with Crippen LogP contribution in [-0.2, 0) is 11.3 Å². The van der Waals surface area contributed by atoms with E-state index in [0.29, 0.717) is 11.6 Å². The van der Waals surface area contributed by atoms with Crippen LogP contribution in [0, 0.1) is 0 Å². The highest BCUT2D eigenvalue weighted by atomic mass is 35.5. The lowest BCUT2D eigenvalue weighted by Gasteiger charge is -2.18. The summed E-state index contributed by atoms with van der Waals surface area (Å²) in [7, 11) is 1.95. The van der Waals surface area contributed by atoms with Crippen LogP contribution < -0.4 is 5.32 Å². The van der Waals surface area contributed by atoms with E-state index in [1.54, 1.807) is 11.3 Å². The van der Waals surface area contributed by atoms with Crippen molar-refractivity contribution in [2.24, 2.45) is 0 Å². The van der Waals surface area contributed by atoms with E-state index in [1.807, 2.05) is 54.6 Å². The van der Waals surface area contributed by atoms with Crippen LogP contribution in [0.2, 0.25) is 5.02 Å². The molecule has 112 valence electrons. The van der Waals surface area contributed by atoms with Gasteiger partial charge in [0, 0.05) is 16.4 Å². The molecule has 1 N–H and O–H groups in total. The van der Waals surface area contributed by atoms with Crippen LogP contribution >= 0.6 is 22.9 Å². The molecule has 1 aromatic heterocycles. The number of hydrogen-bond acceptors (Lipinski definition) is 3. The molecule has 0 unspecified atom stereocenters. The molecule has 21 heavy (non-hydrogen) atoms. The lowest BCUT2D eigenvalue weighted by atomic mass is 10.1. The van der Waals surface area contributed by atoms with Gasteiger partial charge in [0.25, 0.3) is 0 Å². The second-order valence-corrected chi connectivity index (χ2v) is 6.56. The number of hydrogen-bond donors (Lipinski definition) is 1. The zero-order valence-electron chi connectivity index (χ0n) is 12.2. The number of rotatable bonds is 6. The summed E-state index contributed by atoms with van der Waals surface area (Å²) in [6.45, 7) is 3.15. The van der Waals surface area contributed by atoms with Gasteiger partial charge >= 0.3 is 0 Å². The van der Waals surface area contributed by atoms with Crippen molar-refractivity contribution < 1.29 is 4.79 Å². The summed E-state index contributed by atoms with van der Waals surface area (Å²) in [5, 5.41) is 5.76. The Morgan fingerprint density at radius 1 is 1.33 bits per heavy atom. The minimum atomic E-state index is -0.0232. The van der Waals surface area contributed by atoms with Gasteiger partial charge in [-0.3, -0.25) is 9.69 Å². The summed E-state index contributed by atoms with van der Waals surface area (Å²) in [5.74, 6) is 0.0245. The Morgan fingerprint density at radius 2 is 2.05 bits per heavy atom. The number of nitrogens with zero attached hydrogens (tertiary/aromatic N) is 1. The highest BCUT2D eigenvalue weighted by molar-refractivity contribution is 7.09. The monoisotopic (exact) mass is 322 g/mol. The molecule has 0 fully saturated rings. The average Bonchev–Trinajstić information content (AvgIpc) is 2.91. The van der Waals surface area contributed by atoms with Gasteiger partial charge in [0.1, 0.15) is 0 Å². The van der Waals surface area contributed by atoms with Crippen LogP contribution in [0.1, 0.15) is 23.4 Å². The fourth-order valence-electron chi connectivity index (χ4n) is 2.09. The molecule has 1 aromatic carbocycles. The minimum Gasteiger partial charge on any atom is -0.348 e. The largest absolute Gasteiger partial charge is 0.348 e. The van der Waals surface area contributed by atoms with E-state index >= 15 is 0 Å². The van der Waals surface area contributed by atoms with Crippen molar-refractivity contribution >= 4 is 28.8 Å². The van der Waals surface area contributed by atoms with Crippen LogP contribution in [0.5, 0.6) is 0 Å². The fraction of sp³-hybridized carbons (Fsp3) is 0.312. The average molecular weight is 323 g/mol. The van der Waals surface area contributed by atoms with E-state index in [0.717, 1.165) is 12.1 Å². The van der Waals surface area contributed by atoms with E-state index in [1.165, 1.54) is 4.88 Å². The van der Waals surface area contributed by atoms with Crippen molar-refractivity contribution in [2.45, 2.75) is 19.5 Å². The highest BCUT2D eigenvalue weighted by Gasteiger charge is 2.12. The van der Waals surface area contributed by atoms with Crippen molar-refractivity contribution in [3.8, 4) is 0 Å². The second kappa shape index (κ2) is 7.59. The summed E-state index contributed by atoms with van der Waals surface area (Å²) in [4.78, 5) is 15.3. The zero-order chi connectivity index (χ0) is 15.2. The Bertz CT molecular complexity index is 568. The van der Waals surface area contributed by atoms with E-state index in [2.05, 4.69) is 11.4 Å². The first-order valence-electron chi connectivity index (χ1n) is 6.80. The molecule has 1 amide bonds. The van der Waals surface area contributed by atoms with Crippen molar-refractivity contribution in [1.82, 2.24) is 10.2 Å². The molecule has 3 nitrogen and oxygen atoms in total. The molecule has 0 aliphatic carbocycles. The Morgan fingerprint density at radius 3 is 2.67 bits per heavy atom. The predicted molar refractivity (Wildman–Crippen MR) is 88.7 cm³/mol. The maximum absolute atomic E-state index is 12.1. The van der Waals surface area contributed by atoms with Gasteiger partial charge in [-0.25, -0.2) is 0 Å². The smallest absolute Gasteiger partial charge is 0.234 e. The van der Waals surface area contributed by atoms with Gasteiger partial charge in [0.15, 0.2) is 0 Å². The minimum absolute atomic E-state index is 0.0232. The van der Waals surface area contributed by atoms with Crippen molar-refractivity contribution in [3.63, 3.8) is 0 Å². The molecule has 0 aliphatic heterocycles. The third kappa shape index (κ3) is 5.16. The van der Waals surface area contributed by atoms with E-state index in [-0.39, 0.29) is 11.9 Å². The Hall–Kier alpha value is -1.36. The maximum Gasteiger partial charge on any atom is 0.234 e. The fourth-order valence-corrected chi connectivity index (χ4v) is 3.00. The van der Waals surface area contributed by atoms with Gasteiger partial charge in [0.2, 0.25) is 5.91 Å². The molecule has 0 radical (unpaired) electrons. The molecule has 1 atom stereocenters. The number of benzene rings is 1. The first kappa shape index (κ1) is 16.0. The van der Waals surface area contributed by atoms with Crippen LogP contribution in [-0.4, -0.2) is 24.4 Å². The Kier molecular flexibility index (Phi) is 5.79. The van der Waals surface area contributed by atoms with Gasteiger partial charge in [0.05, 0.1) is 12.6 Å². The number of likely N-dealkylation sites (N-methyl/N-ethyl adjacent to an activating group) is 1. The molecular weight excluding hydrogens is 304 g/mol. The van der Waals surface area contributed by atoms with Crippen LogP contribution in [0.3, 0.4) is 0 Å². The zero-order valence-corrected chi connectivity index (χ0v) is 13.7. The second-order valence-electron chi connectivity index (χ2n) is 5.09. The van der Waals surface area contributed by atoms with E-state index in [9.17, 15) is 4.79 Å².